The van der Waals surface area contributed by atoms with E-state index in [1.54, 1.807) is 54.5 Å². The number of nitrogens with zero attached hydrogens (tertiary/aromatic N) is 3. The zero-order chi connectivity index (χ0) is 23.4. The molecule has 2 amide bonds. The summed E-state index contributed by atoms with van der Waals surface area (Å²) in [4.78, 5) is 26.4. The maximum atomic E-state index is 12.6. The second-order valence-electron chi connectivity index (χ2n) is 7.20. The molecule has 0 saturated carbocycles. The van der Waals surface area contributed by atoms with E-state index in [9.17, 15) is 9.59 Å². The molecule has 9 nitrogen and oxygen atoms in total. The number of hydrogen-bond acceptors (Lipinski definition) is 8. The fourth-order valence-corrected chi connectivity index (χ4v) is 4.24. The van der Waals surface area contributed by atoms with Crippen LogP contribution in [0.15, 0.2) is 52.1 Å². The molecule has 0 spiro atoms. The van der Waals surface area contributed by atoms with Crippen LogP contribution < -0.4 is 19.7 Å². The quantitative estimate of drug-likeness (QED) is 0.474. The highest BCUT2D eigenvalue weighted by Crippen LogP contribution is 2.35. The zero-order valence-corrected chi connectivity index (χ0v) is 19.5. The van der Waals surface area contributed by atoms with Crippen LogP contribution in [-0.4, -0.2) is 48.5 Å². The molecule has 1 N–H and O–H groups in total. The van der Waals surface area contributed by atoms with Crippen molar-refractivity contribution in [2.45, 2.75) is 17.6 Å². The number of anilines is 2. The summed E-state index contributed by atoms with van der Waals surface area (Å²) in [7, 11) is 3.10. The standard InChI is InChI=1S/C22H21ClN4O5S/c1-30-16-5-3-4-14(9-16)24-19(28)12-33-22-26-25-21(32-22)13-8-20(29)27(11-13)15-6-7-18(31-2)17(23)10-15/h3-7,9-10,13H,8,11-12H2,1-2H3,(H,24,28)/t13-/m1/s1. The van der Waals surface area contributed by atoms with Gasteiger partial charge in [0.05, 0.1) is 30.9 Å². The average molecular weight is 489 g/mol. The molecule has 2 heterocycles. The minimum Gasteiger partial charge on any atom is -0.497 e. The van der Waals surface area contributed by atoms with Crippen LogP contribution in [0.25, 0.3) is 0 Å². The van der Waals surface area contributed by atoms with Gasteiger partial charge in [-0.25, -0.2) is 0 Å². The Kier molecular flexibility index (Phi) is 7.05. The van der Waals surface area contributed by atoms with Crippen molar-refractivity contribution in [3.63, 3.8) is 0 Å². The number of ether oxygens (including phenoxy) is 2. The molecule has 1 aliphatic rings. The summed E-state index contributed by atoms with van der Waals surface area (Å²) in [5.41, 5.74) is 1.31. The van der Waals surface area contributed by atoms with Crippen molar-refractivity contribution in [3.05, 3.63) is 53.4 Å². The molecule has 1 fully saturated rings. The van der Waals surface area contributed by atoms with E-state index in [0.717, 1.165) is 11.8 Å². The van der Waals surface area contributed by atoms with Gasteiger partial charge in [0.2, 0.25) is 17.7 Å². The van der Waals surface area contributed by atoms with Crippen LogP contribution in [0.1, 0.15) is 18.2 Å². The molecule has 1 saturated heterocycles. The monoisotopic (exact) mass is 488 g/mol. The van der Waals surface area contributed by atoms with Crippen LogP contribution >= 0.6 is 23.4 Å². The van der Waals surface area contributed by atoms with Gasteiger partial charge in [-0.3, -0.25) is 9.59 Å². The first-order valence-electron chi connectivity index (χ1n) is 10.0. The largest absolute Gasteiger partial charge is 0.497 e. The van der Waals surface area contributed by atoms with E-state index < -0.39 is 0 Å². The molecule has 4 rings (SSSR count). The molecule has 0 aliphatic carbocycles. The van der Waals surface area contributed by atoms with Gasteiger partial charge in [-0.1, -0.05) is 29.4 Å². The summed E-state index contributed by atoms with van der Waals surface area (Å²) in [6.45, 7) is 0.393. The van der Waals surface area contributed by atoms with Crippen LogP contribution in [-0.2, 0) is 9.59 Å². The Morgan fingerprint density at radius 2 is 2.09 bits per heavy atom. The summed E-state index contributed by atoms with van der Waals surface area (Å²) in [5.74, 6) is 1.13. The number of thioether (sulfide) groups is 1. The normalized spacial score (nSPS) is 15.5. The summed E-state index contributed by atoms with van der Waals surface area (Å²) >= 11 is 7.32. The number of amides is 2. The van der Waals surface area contributed by atoms with E-state index >= 15 is 0 Å². The third-order valence-corrected chi connectivity index (χ3v) is 6.14. The van der Waals surface area contributed by atoms with E-state index in [-0.39, 0.29) is 35.1 Å². The number of aromatic nitrogens is 2. The average Bonchev–Trinajstić information content (AvgIpc) is 3.44. The van der Waals surface area contributed by atoms with E-state index in [4.69, 9.17) is 25.5 Å². The molecule has 33 heavy (non-hydrogen) atoms. The van der Waals surface area contributed by atoms with E-state index in [1.165, 1.54) is 7.11 Å². The summed E-state index contributed by atoms with van der Waals surface area (Å²) in [6, 6.07) is 12.3. The van der Waals surface area contributed by atoms with E-state index in [1.807, 2.05) is 0 Å². The molecule has 1 aromatic heterocycles. The number of nitrogens with one attached hydrogen (secondary N) is 1. The van der Waals surface area contributed by atoms with Gasteiger partial charge in [-0.2, -0.15) is 0 Å². The van der Waals surface area contributed by atoms with Crippen LogP contribution in [0, 0.1) is 0 Å². The number of methoxy groups -OCH3 is 2. The molecule has 1 aliphatic heterocycles. The van der Waals surface area contributed by atoms with Gasteiger partial charge in [-0.15, -0.1) is 10.2 Å². The Hall–Kier alpha value is -3.24. The Labute approximate surface area is 199 Å². The van der Waals surface area contributed by atoms with Crippen molar-refractivity contribution in [2.24, 2.45) is 0 Å². The van der Waals surface area contributed by atoms with Gasteiger partial charge in [0.15, 0.2) is 0 Å². The van der Waals surface area contributed by atoms with Gasteiger partial charge < -0.3 is 24.1 Å². The Morgan fingerprint density at radius 3 is 2.85 bits per heavy atom. The second-order valence-corrected chi connectivity index (χ2v) is 8.53. The molecular formula is C22H21ClN4O5S. The van der Waals surface area contributed by atoms with Gasteiger partial charge >= 0.3 is 0 Å². The van der Waals surface area contributed by atoms with Crippen molar-refractivity contribution in [2.75, 3.05) is 36.7 Å². The lowest BCUT2D eigenvalue weighted by molar-refractivity contribution is -0.117. The van der Waals surface area contributed by atoms with Crippen LogP contribution in [0.5, 0.6) is 11.5 Å². The number of benzene rings is 2. The number of carbonyl (C=O) groups excluding carboxylic acids is 2. The van der Waals surface area contributed by atoms with Crippen molar-refractivity contribution in [1.82, 2.24) is 10.2 Å². The predicted octanol–water partition coefficient (Wildman–Crippen LogP) is 3.99. The fourth-order valence-electron chi connectivity index (χ4n) is 3.41. The van der Waals surface area contributed by atoms with Gasteiger partial charge in [0, 0.05) is 30.4 Å². The first-order chi connectivity index (χ1) is 16.0. The third kappa shape index (κ3) is 5.40. The number of rotatable bonds is 8. The molecule has 1 atom stereocenters. The van der Waals surface area contributed by atoms with E-state index in [0.29, 0.717) is 40.3 Å². The lowest BCUT2D eigenvalue weighted by Gasteiger charge is -2.17. The maximum absolute atomic E-state index is 12.6. The predicted molar refractivity (Wildman–Crippen MR) is 124 cm³/mol. The first-order valence-corrected chi connectivity index (χ1v) is 11.4. The van der Waals surface area contributed by atoms with Gasteiger partial charge in [-0.05, 0) is 30.3 Å². The Bertz CT molecular complexity index is 1170. The summed E-state index contributed by atoms with van der Waals surface area (Å²) in [6.07, 6.45) is 0.242. The van der Waals surface area contributed by atoms with Crippen molar-refractivity contribution in [3.8, 4) is 11.5 Å². The first kappa shape index (κ1) is 22.9. The van der Waals surface area contributed by atoms with Crippen molar-refractivity contribution < 1.29 is 23.5 Å². The summed E-state index contributed by atoms with van der Waals surface area (Å²) in [5, 5.41) is 11.6. The van der Waals surface area contributed by atoms with Gasteiger partial charge in [0.25, 0.3) is 5.22 Å². The zero-order valence-electron chi connectivity index (χ0n) is 17.9. The molecule has 3 aromatic rings. The molecule has 0 radical (unpaired) electrons. The Morgan fingerprint density at radius 1 is 1.24 bits per heavy atom. The highest BCUT2D eigenvalue weighted by Gasteiger charge is 2.35. The highest BCUT2D eigenvalue weighted by molar-refractivity contribution is 7.99. The lowest BCUT2D eigenvalue weighted by atomic mass is 10.1. The highest BCUT2D eigenvalue weighted by atomic mass is 35.5. The molecule has 2 aromatic carbocycles. The van der Waals surface area contributed by atoms with Gasteiger partial charge in [0.1, 0.15) is 11.5 Å². The molecular weight excluding hydrogens is 468 g/mol. The van der Waals surface area contributed by atoms with Crippen molar-refractivity contribution >= 4 is 46.6 Å². The second kappa shape index (κ2) is 10.1. The smallest absolute Gasteiger partial charge is 0.277 e. The molecule has 172 valence electrons. The molecule has 11 heteroatoms. The third-order valence-electron chi connectivity index (χ3n) is 5.02. The minimum absolute atomic E-state index is 0.0636. The van der Waals surface area contributed by atoms with Crippen LogP contribution in [0.2, 0.25) is 5.02 Å². The number of carbonyl (C=O) groups is 2. The summed E-state index contributed by atoms with van der Waals surface area (Å²) < 4.78 is 16.0. The maximum Gasteiger partial charge on any atom is 0.277 e. The fraction of sp³-hybridized carbons (Fsp3) is 0.273. The molecule has 0 bridgehead atoms. The number of halogens is 1. The molecule has 0 unspecified atom stereocenters. The van der Waals surface area contributed by atoms with Crippen LogP contribution in [0.4, 0.5) is 11.4 Å². The van der Waals surface area contributed by atoms with E-state index in [2.05, 4.69) is 15.5 Å². The Balaban J connectivity index is 1.34. The van der Waals surface area contributed by atoms with Crippen LogP contribution in [0.3, 0.4) is 0 Å². The number of hydrogen-bond donors (Lipinski definition) is 1. The van der Waals surface area contributed by atoms with Crippen molar-refractivity contribution in [1.29, 1.82) is 0 Å². The topological polar surface area (TPSA) is 107 Å². The minimum atomic E-state index is -0.245. The lowest BCUT2D eigenvalue weighted by Crippen LogP contribution is -2.24. The SMILES string of the molecule is COc1cccc(NC(=O)CSc2nnc([C@@H]3CC(=O)N(c4ccc(OC)c(Cl)c4)C3)o2)c1.